The Kier molecular flexibility index (Phi) is 4.69. The summed E-state index contributed by atoms with van der Waals surface area (Å²) in [4.78, 5) is 26.8. The highest BCUT2D eigenvalue weighted by Gasteiger charge is 2.35. The van der Waals surface area contributed by atoms with Crippen LogP contribution in [0.4, 0.5) is 5.69 Å². The van der Waals surface area contributed by atoms with E-state index in [1.54, 1.807) is 18.2 Å². The fourth-order valence-electron chi connectivity index (χ4n) is 2.12. The Morgan fingerprint density at radius 3 is 2.81 bits per heavy atom. The van der Waals surface area contributed by atoms with E-state index in [1.807, 2.05) is 19.0 Å². The van der Waals surface area contributed by atoms with Gasteiger partial charge in [-0.1, -0.05) is 11.6 Å². The maximum Gasteiger partial charge on any atom is 0.307 e. The summed E-state index contributed by atoms with van der Waals surface area (Å²) < 4.78 is 5.50. The minimum atomic E-state index is -1.07. The van der Waals surface area contributed by atoms with Crippen LogP contribution >= 0.6 is 11.6 Å². The molecule has 1 unspecified atom stereocenters. The van der Waals surface area contributed by atoms with Crippen LogP contribution in [-0.2, 0) is 9.59 Å². The van der Waals surface area contributed by atoms with Crippen LogP contribution in [0.2, 0.25) is 5.02 Å². The van der Waals surface area contributed by atoms with Gasteiger partial charge >= 0.3 is 5.97 Å². The molecule has 0 bridgehead atoms. The molecule has 0 saturated carbocycles. The van der Waals surface area contributed by atoms with Crippen molar-refractivity contribution in [3.63, 3.8) is 0 Å². The lowest BCUT2D eigenvalue weighted by Crippen LogP contribution is -2.48. The smallest absolute Gasteiger partial charge is 0.307 e. The number of carbonyl (C=O) groups is 2. The van der Waals surface area contributed by atoms with Crippen molar-refractivity contribution < 1.29 is 19.4 Å². The van der Waals surface area contributed by atoms with E-state index in [1.165, 1.54) is 4.90 Å². The first-order valence-electron chi connectivity index (χ1n) is 6.52. The molecular weight excluding hydrogens is 296 g/mol. The van der Waals surface area contributed by atoms with Crippen LogP contribution in [0.3, 0.4) is 0 Å². The molecule has 0 aromatic heterocycles. The normalized spacial score (nSPS) is 17.6. The number of amides is 1. The monoisotopic (exact) mass is 312 g/mol. The minimum Gasteiger partial charge on any atom is -0.481 e. The number of ether oxygens (including phenoxy) is 1. The number of halogens is 1. The second kappa shape index (κ2) is 6.32. The number of carboxylic acids is 1. The van der Waals surface area contributed by atoms with Gasteiger partial charge in [0.25, 0.3) is 5.91 Å². The fourth-order valence-corrected chi connectivity index (χ4v) is 2.28. The Morgan fingerprint density at radius 1 is 1.48 bits per heavy atom. The zero-order chi connectivity index (χ0) is 15.6. The van der Waals surface area contributed by atoms with Crippen molar-refractivity contribution in [3.8, 4) is 5.75 Å². The van der Waals surface area contributed by atoms with Gasteiger partial charge in [0.15, 0.2) is 6.10 Å². The summed E-state index contributed by atoms with van der Waals surface area (Å²) in [6.45, 7) is 1.09. The van der Waals surface area contributed by atoms with E-state index >= 15 is 0 Å². The molecule has 2 rings (SSSR count). The molecule has 0 fully saturated rings. The SMILES string of the molecule is CN(C)CCN1C(=O)C(CC(=O)O)Oc2ccc(Cl)cc21. The van der Waals surface area contributed by atoms with E-state index in [0.717, 1.165) is 0 Å². The van der Waals surface area contributed by atoms with E-state index in [-0.39, 0.29) is 12.3 Å². The standard InChI is InChI=1S/C14H17ClN2O4/c1-16(2)5-6-17-10-7-9(15)3-4-11(10)21-12(14(17)20)8-13(18)19/h3-4,7,12H,5-6,8H2,1-2H3,(H,18,19). The van der Waals surface area contributed by atoms with Gasteiger partial charge in [-0.25, -0.2) is 0 Å². The number of fused-ring (bicyclic) bond motifs is 1. The molecule has 21 heavy (non-hydrogen) atoms. The van der Waals surface area contributed by atoms with Gasteiger partial charge in [0.05, 0.1) is 12.1 Å². The fraction of sp³-hybridized carbons (Fsp3) is 0.429. The van der Waals surface area contributed by atoms with Crippen molar-refractivity contribution in [2.45, 2.75) is 12.5 Å². The first-order chi connectivity index (χ1) is 9.88. The van der Waals surface area contributed by atoms with Crippen LogP contribution in [0.15, 0.2) is 18.2 Å². The van der Waals surface area contributed by atoms with Crippen LogP contribution in [-0.4, -0.2) is 55.2 Å². The molecule has 1 heterocycles. The third-order valence-electron chi connectivity index (χ3n) is 3.15. The maximum atomic E-state index is 12.4. The van der Waals surface area contributed by atoms with Gasteiger partial charge in [0, 0.05) is 18.1 Å². The number of carboxylic acid groups (broad SMARTS) is 1. The van der Waals surface area contributed by atoms with Gasteiger partial charge in [-0.15, -0.1) is 0 Å². The average Bonchev–Trinajstić information content (AvgIpc) is 2.38. The number of nitrogens with zero attached hydrogens (tertiary/aromatic N) is 2. The number of likely N-dealkylation sites (N-methyl/N-ethyl adjacent to an activating group) is 1. The van der Waals surface area contributed by atoms with Gasteiger partial charge in [-0.05, 0) is 32.3 Å². The van der Waals surface area contributed by atoms with E-state index in [2.05, 4.69) is 0 Å². The molecule has 1 aliphatic rings. The number of hydrogen-bond acceptors (Lipinski definition) is 4. The van der Waals surface area contributed by atoms with E-state index in [4.69, 9.17) is 21.4 Å². The van der Waals surface area contributed by atoms with E-state index < -0.39 is 12.1 Å². The highest BCUT2D eigenvalue weighted by molar-refractivity contribution is 6.31. The quantitative estimate of drug-likeness (QED) is 0.891. The van der Waals surface area contributed by atoms with Crippen molar-refractivity contribution in [1.29, 1.82) is 0 Å². The summed E-state index contributed by atoms with van der Waals surface area (Å²) in [5.74, 6) is -0.948. The third kappa shape index (κ3) is 3.65. The lowest BCUT2D eigenvalue weighted by molar-refractivity contribution is -0.142. The summed E-state index contributed by atoms with van der Waals surface area (Å²) >= 11 is 5.98. The Bertz CT molecular complexity index is 562. The zero-order valence-electron chi connectivity index (χ0n) is 11.9. The Balaban J connectivity index is 2.32. The van der Waals surface area contributed by atoms with Gasteiger partial charge in [0.1, 0.15) is 5.75 Å². The van der Waals surface area contributed by atoms with Crippen molar-refractivity contribution >= 4 is 29.2 Å². The summed E-state index contributed by atoms with van der Waals surface area (Å²) in [5.41, 5.74) is 0.580. The van der Waals surface area contributed by atoms with Crippen molar-refractivity contribution in [2.75, 3.05) is 32.1 Å². The second-order valence-electron chi connectivity index (χ2n) is 5.11. The van der Waals surface area contributed by atoms with Crippen LogP contribution < -0.4 is 9.64 Å². The Morgan fingerprint density at radius 2 is 2.19 bits per heavy atom. The third-order valence-corrected chi connectivity index (χ3v) is 3.39. The molecule has 6 nitrogen and oxygen atoms in total. The average molecular weight is 313 g/mol. The Hall–Kier alpha value is -1.79. The first kappa shape index (κ1) is 15.6. The Labute approximate surface area is 127 Å². The van der Waals surface area contributed by atoms with Crippen molar-refractivity contribution in [2.24, 2.45) is 0 Å². The molecule has 1 aromatic rings. The molecule has 1 N–H and O–H groups in total. The number of carbonyl (C=O) groups excluding carboxylic acids is 1. The van der Waals surface area contributed by atoms with Gasteiger partial charge in [0.2, 0.25) is 0 Å². The summed E-state index contributed by atoms with van der Waals surface area (Å²) in [5, 5.41) is 9.40. The van der Waals surface area contributed by atoms with Crippen LogP contribution in [0.25, 0.3) is 0 Å². The molecule has 0 aliphatic carbocycles. The highest BCUT2D eigenvalue weighted by Crippen LogP contribution is 2.36. The van der Waals surface area contributed by atoms with Crippen molar-refractivity contribution in [3.05, 3.63) is 23.2 Å². The summed E-state index contributed by atoms with van der Waals surface area (Å²) in [7, 11) is 3.80. The van der Waals surface area contributed by atoms with Crippen LogP contribution in [0, 0.1) is 0 Å². The molecule has 1 aliphatic heterocycles. The molecule has 1 aromatic carbocycles. The number of aliphatic carboxylic acids is 1. The van der Waals surface area contributed by atoms with E-state index in [0.29, 0.717) is 29.5 Å². The number of hydrogen-bond donors (Lipinski definition) is 1. The second-order valence-corrected chi connectivity index (χ2v) is 5.55. The molecule has 114 valence electrons. The van der Waals surface area contributed by atoms with Crippen LogP contribution in [0.1, 0.15) is 6.42 Å². The number of benzene rings is 1. The largest absolute Gasteiger partial charge is 0.481 e. The topological polar surface area (TPSA) is 70.1 Å². The van der Waals surface area contributed by atoms with Crippen LogP contribution in [0.5, 0.6) is 5.75 Å². The molecule has 1 atom stereocenters. The molecule has 0 saturated heterocycles. The van der Waals surface area contributed by atoms with Gasteiger partial charge < -0.3 is 19.6 Å². The van der Waals surface area contributed by atoms with Crippen molar-refractivity contribution in [1.82, 2.24) is 4.90 Å². The number of rotatable bonds is 5. The minimum absolute atomic E-state index is 0.353. The summed E-state index contributed by atoms with van der Waals surface area (Å²) in [6.07, 6.45) is -1.36. The number of anilines is 1. The van der Waals surface area contributed by atoms with Gasteiger partial charge in [-0.3, -0.25) is 9.59 Å². The highest BCUT2D eigenvalue weighted by atomic mass is 35.5. The van der Waals surface area contributed by atoms with Gasteiger partial charge in [-0.2, -0.15) is 0 Å². The molecule has 7 heteroatoms. The first-order valence-corrected chi connectivity index (χ1v) is 6.90. The maximum absolute atomic E-state index is 12.4. The lowest BCUT2D eigenvalue weighted by Gasteiger charge is -2.34. The molecule has 0 spiro atoms. The molecule has 0 radical (unpaired) electrons. The predicted molar refractivity (Wildman–Crippen MR) is 79.0 cm³/mol. The lowest BCUT2D eigenvalue weighted by atomic mass is 10.1. The predicted octanol–water partition coefficient (Wildman–Crippen LogP) is 1.47. The molecule has 1 amide bonds. The van der Waals surface area contributed by atoms with E-state index in [9.17, 15) is 9.59 Å². The zero-order valence-corrected chi connectivity index (χ0v) is 12.6. The molecular formula is C14H17ClN2O4. The summed E-state index contributed by atoms with van der Waals surface area (Å²) in [6, 6.07) is 4.96.